The number of amides is 1. The van der Waals surface area contributed by atoms with Crippen molar-refractivity contribution in [2.24, 2.45) is 5.92 Å². The van der Waals surface area contributed by atoms with Crippen molar-refractivity contribution in [3.8, 4) is 11.8 Å². The molecule has 4 nitrogen and oxygen atoms in total. The number of halogens is 1. The van der Waals surface area contributed by atoms with Gasteiger partial charge in [-0.05, 0) is 58.6 Å². The Bertz CT molecular complexity index is 766. The molecule has 2 rings (SSSR count). The van der Waals surface area contributed by atoms with E-state index < -0.39 is 0 Å². The molecule has 124 valence electrons. The number of nitrogens with zero attached hydrogens (tertiary/aromatic N) is 1. The van der Waals surface area contributed by atoms with E-state index in [1.54, 1.807) is 42.5 Å². The van der Waals surface area contributed by atoms with Crippen molar-refractivity contribution in [2.75, 3.05) is 11.9 Å². The summed E-state index contributed by atoms with van der Waals surface area (Å²) in [6.07, 6.45) is 0.972. The second-order valence-corrected chi connectivity index (χ2v) is 6.64. The number of hydrogen-bond acceptors (Lipinski definition) is 3. The number of carbonyl (C=O) groups is 1. The van der Waals surface area contributed by atoms with Gasteiger partial charge in [0.25, 0.3) is 5.91 Å². The maximum Gasteiger partial charge on any atom is 0.255 e. The molecule has 0 unspecified atom stereocenters. The molecule has 0 spiro atoms. The molecular formula is C19H19BrN2O2. The fourth-order valence-electron chi connectivity index (χ4n) is 2.05. The van der Waals surface area contributed by atoms with Gasteiger partial charge in [0.05, 0.1) is 22.3 Å². The van der Waals surface area contributed by atoms with Crippen LogP contribution in [-0.2, 0) is 0 Å². The van der Waals surface area contributed by atoms with Gasteiger partial charge in [-0.25, -0.2) is 0 Å². The van der Waals surface area contributed by atoms with Crippen molar-refractivity contribution in [1.29, 1.82) is 5.26 Å². The molecule has 2 aromatic carbocycles. The maximum absolute atomic E-state index is 12.4. The van der Waals surface area contributed by atoms with Gasteiger partial charge in [-0.15, -0.1) is 0 Å². The minimum Gasteiger partial charge on any atom is -0.492 e. The average Bonchev–Trinajstić information content (AvgIpc) is 2.56. The highest BCUT2D eigenvalue weighted by molar-refractivity contribution is 9.10. The van der Waals surface area contributed by atoms with Gasteiger partial charge in [-0.3, -0.25) is 4.79 Å². The summed E-state index contributed by atoms with van der Waals surface area (Å²) in [5, 5.41) is 11.8. The molecule has 1 amide bonds. The summed E-state index contributed by atoms with van der Waals surface area (Å²) in [6, 6.07) is 14.2. The second kappa shape index (κ2) is 8.51. The van der Waals surface area contributed by atoms with E-state index >= 15 is 0 Å². The lowest BCUT2D eigenvalue weighted by molar-refractivity contribution is 0.102. The summed E-state index contributed by atoms with van der Waals surface area (Å²) in [4.78, 5) is 12.4. The average molecular weight is 387 g/mol. The Hall–Kier alpha value is -2.32. The van der Waals surface area contributed by atoms with Crippen LogP contribution in [0, 0.1) is 17.2 Å². The lowest BCUT2D eigenvalue weighted by Gasteiger charge is -2.11. The van der Waals surface area contributed by atoms with E-state index in [1.807, 2.05) is 0 Å². The van der Waals surface area contributed by atoms with Crippen LogP contribution in [0.15, 0.2) is 46.9 Å². The Kier molecular flexibility index (Phi) is 6.39. The lowest BCUT2D eigenvalue weighted by Crippen LogP contribution is -2.13. The van der Waals surface area contributed by atoms with Crippen molar-refractivity contribution >= 4 is 27.5 Å². The van der Waals surface area contributed by atoms with E-state index in [4.69, 9.17) is 10.00 Å². The zero-order valence-corrected chi connectivity index (χ0v) is 15.3. The number of nitrogens with one attached hydrogen (secondary N) is 1. The summed E-state index contributed by atoms with van der Waals surface area (Å²) in [6.45, 7) is 4.92. The molecule has 0 heterocycles. The summed E-state index contributed by atoms with van der Waals surface area (Å²) >= 11 is 3.44. The van der Waals surface area contributed by atoms with Crippen LogP contribution in [0.2, 0.25) is 0 Å². The lowest BCUT2D eigenvalue weighted by atomic mass is 10.1. The van der Waals surface area contributed by atoms with Gasteiger partial charge in [0, 0.05) is 5.56 Å². The summed E-state index contributed by atoms with van der Waals surface area (Å²) in [7, 11) is 0. The van der Waals surface area contributed by atoms with Crippen molar-refractivity contribution in [1.82, 2.24) is 0 Å². The number of para-hydroxylation sites is 1. The van der Waals surface area contributed by atoms with E-state index in [0.717, 1.165) is 10.9 Å². The molecule has 1 N–H and O–H groups in total. The zero-order valence-electron chi connectivity index (χ0n) is 13.7. The number of hydrogen-bond donors (Lipinski definition) is 1. The molecule has 0 aliphatic carbocycles. The minimum atomic E-state index is -0.271. The maximum atomic E-state index is 12.4. The van der Waals surface area contributed by atoms with Gasteiger partial charge in [0.15, 0.2) is 0 Å². The normalized spacial score (nSPS) is 10.3. The number of rotatable bonds is 6. The van der Waals surface area contributed by atoms with Gasteiger partial charge >= 0.3 is 0 Å². The van der Waals surface area contributed by atoms with Gasteiger partial charge in [-0.2, -0.15) is 5.26 Å². The highest BCUT2D eigenvalue weighted by Crippen LogP contribution is 2.27. The standard InChI is InChI=1S/C19H19BrN2O2/c1-13(2)9-10-24-18-8-7-14(11-16(18)20)19(23)22-17-6-4-3-5-15(17)12-21/h3-8,11,13H,9-10H2,1-2H3,(H,22,23). The fourth-order valence-corrected chi connectivity index (χ4v) is 2.54. The number of benzene rings is 2. The van der Waals surface area contributed by atoms with Crippen LogP contribution >= 0.6 is 15.9 Å². The van der Waals surface area contributed by atoms with E-state index in [0.29, 0.717) is 35.1 Å². The second-order valence-electron chi connectivity index (χ2n) is 5.79. The fraction of sp³-hybridized carbons (Fsp3) is 0.263. The Balaban J connectivity index is 2.08. The van der Waals surface area contributed by atoms with Crippen LogP contribution in [0.1, 0.15) is 36.2 Å². The zero-order chi connectivity index (χ0) is 17.5. The van der Waals surface area contributed by atoms with Crippen molar-refractivity contribution in [2.45, 2.75) is 20.3 Å². The molecule has 0 bridgehead atoms. The quantitative estimate of drug-likeness (QED) is 0.759. The van der Waals surface area contributed by atoms with Crippen LogP contribution < -0.4 is 10.1 Å². The van der Waals surface area contributed by atoms with E-state index in [9.17, 15) is 4.79 Å². The highest BCUT2D eigenvalue weighted by atomic mass is 79.9. The van der Waals surface area contributed by atoms with Crippen molar-refractivity contribution < 1.29 is 9.53 Å². The molecule has 0 aliphatic rings. The Morgan fingerprint density at radius 1 is 1.29 bits per heavy atom. The molecule has 2 aromatic rings. The number of nitriles is 1. The third-order valence-corrected chi connectivity index (χ3v) is 4.06. The first-order valence-electron chi connectivity index (χ1n) is 7.74. The summed E-state index contributed by atoms with van der Waals surface area (Å²) in [5.41, 5.74) is 1.42. The minimum absolute atomic E-state index is 0.271. The van der Waals surface area contributed by atoms with Crippen LogP contribution in [0.5, 0.6) is 5.75 Å². The van der Waals surface area contributed by atoms with E-state index in [-0.39, 0.29) is 5.91 Å². The highest BCUT2D eigenvalue weighted by Gasteiger charge is 2.11. The number of anilines is 1. The first kappa shape index (κ1) is 18.0. The van der Waals surface area contributed by atoms with Crippen molar-refractivity contribution in [3.63, 3.8) is 0 Å². The number of ether oxygens (including phenoxy) is 1. The molecule has 0 aromatic heterocycles. The molecule has 5 heteroatoms. The topological polar surface area (TPSA) is 62.1 Å². The SMILES string of the molecule is CC(C)CCOc1ccc(C(=O)Nc2ccccc2C#N)cc1Br. The van der Waals surface area contributed by atoms with E-state index in [1.165, 1.54) is 0 Å². The Morgan fingerprint density at radius 2 is 2.04 bits per heavy atom. The van der Waals surface area contributed by atoms with Gasteiger partial charge in [0.1, 0.15) is 11.8 Å². The first-order valence-corrected chi connectivity index (χ1v) is 8.53. The molecule has 0 fully saturated rings. The Labute approximate surface area is 150 Å². The van der Waals surface area contributed by atoms with E-state index in [2.05, 4.69) is 41.2 Å². The smallest absolute Gasteiger partial charge is 0.255 e. The van der Waals surface area contributed by atoms with Crippen LogP contribution in [-0.4, -0.2) is 12.5 Å². The molecule has 0 atom stereocenters. The summed E-state index contributed by atoms with van der Waals surface area (Å²) in [5.74, 6) is 1.02. The van der Waals surface area contributed by atoms with Crippen LogP contribution in [0.4, 0.5) is 5.69 Å². The largest absolute Gasteiger partial charge is 0.492 e. The van der Waals surface area contributed by atoms with Gasteiger partial charge in [0.2, 0.25) is 0 Å². The van der Waals surface area contributed by atoms with Crippen LogP contribution in [0.25, 0.3) is 0 Å². The van der Waals surface area contributed by atoms with Gasteiger partial charge < -0.3 is 10.1 Å². The third kappa shape index (κ3) is 4.84. The first-order chi connectivity index (χ1) is 11.5. The Morgan fingerprint density at radius 3 is 2.71 bits per heavy atom. The number of carbonyl (C=O) groups excluding carboxylic acids is 1. The van der Waals surface area contributed by atoms with Gasteiger partial charge in [-0.1, -0.05) is 26.0 Å². The van der Waals surface area contributed by atoms with Crippen molar-refractivity contribution in [3.05, 3.63) is 58.1 Å². The third-order valence-electron chi connectivity index (χ3n) is 3.44. The molecule has 0 saturated carbocycles. The molecule has 0 radical (unpaired) electrons. The van der Waals surface area contributed by atoms with Crippen LogP contribution in [0.3, 0.4) is 0 Å². The molecule has 24 heavy (non-hydrogen) atoms. The predicted molar refractivity (Wildman–Crippen MR) is 98.2 cm³/mol. The predicted octanol–water partition coefficient (Wildman–Crippen LogP) is 5.00. The summed E-state index contributed by atoms with van der Waals surface area (Å²) < 4.78 is 6.44. The molecule has 0 saturated heterocycles. The monoisotopic (exact) mass is 386 g/mol. The molecule has 0 aliphatic heterocycles. The molecular weight excluding hydrogens is 368 g/mol.